The van der Waals surface area contributed by atoms with E-state index in [9.17, 15) is 9.59 Å². The number of hydrogen-bond donors (Lipinski definition) is 0. The van der Waals surface area contributed by atoms with Crippen LogP contribution < -0.4 is 0 Å². The Morgan fingerprint density at radius 1 is 1.20 bits per heavy atom. The van der Waals surface area contributed by atoms with E-state index in [1.165, 1.54) is 0 Å². The minimum absolute atomic E-state index is 0.190. The predicted molar refractivity (Wildman–Crippen MR) is 54.8 cm³/mol. The second kappa shape index (κ2) is 3.80. The van der Waals surface area contributed by atoms with Gasteiger partial charge in [0.05, 0.1) is 11.8 Å². The first-order valence-corrected chi connectivity index (χ1v) is 5.53. The fourth-order valence-electron chi connectivity index (χ4n) is 2.83. The molecule has 2 rings (SSSR count). The lowest BCUT2D eigenvalue weighted by Crippen LogP contribution is -2.34. The van der Waals surface area contributed by atoms with E-state index in [1.54, 1.807) is 0 Å². The van der Waals surface area contributed by atoms with Crippen molar-refractivity contribution < 1.29 is 14.3 Å². The van der Waals surface area contributed by atoms with E-state index < -0.39 is 0 Å². The first kappa shape index (κ1) is 10.4. The highest BCUT2D eigenvalue weighted by molar-refractivity contribution is 5.97. The Kier molecular flexibility index (Phi) is 2.63. The van der Waals surface area contributed by atoms with E-state index in [4.69, 9.17) is 4.74 Å². The lowest BCUT2D eigenvalue weighted by atomic mass is 9.68. The molecule has 82 valence electrons. The van der Waals surface area contributed by atoms with Gasteiger partial charge in [0.25, 0.3) is 0 Å². The third kappa shape index (κ3) is 1.60. The summed E-state index contributed by atoms with van der Waals surface area (Å²) in [7, 11) is 0. The first-order chi connectivity index (χ1) is 7.15. The highest BCUT2D eigenvalue weighted by Crippen LogP contribution is 2.44. The first-order valence-electron chi connectivity index (χ1n) is 5.53. The van der Waals surface area contributed by atoms with Crippen LogP contribution in [0.5, 0.6) is 0 Å². The molecular weight excluding hydrogens is 192 g/mol. The van der Waals surface area contributed by atoms with Crippen molar-refractivity contribution in [2.24, 2.45) is 23.7 Å². The number of allylic oxidation sites excluding steroid dienone is 2. The minimum Gasteiger partial charge on any atom is -0.393 e. The highest BCUT2D eigenvalue weighted by atomic mass is 16.6. The van der Waals surface area contributed by atoms with Crippen molar-refractivity contribution in [2.75, 3.05) is 0 Å². The summed E-state index contributed by atoms with van der Waals surface area (Å²) in [6.45, 7) is 3.97. The van der Waals surface area contributed by atoms with E-state index >= 15 is 0 Å². The molecule has 0 amide bonds. The van der Waals surface area contributed by atoms with Gasteiger partial charge in [-0.05, 0) is 31.6 Å². The van der Waals surface area contributed by atoms with Crippen molar-refractivity contribution in [1.82, 2.24) is 0 Å². The molecular formula is C12H16O3. The van der Waals surface area contributed by atoms with Gasteiger partial charge in [0, 0.05) is 0 Å². The zero-order valence-corrected chi connectivity index (χ0v) is 9.10. The fraction of sp³-hybridized carbons (Fsp3) is 0.667. The van der Waals surface area contributed by atoms with Crippen LogP contribution in [-0.4, -0.2) is 11.9 Å². The van der Waals surface area contributed by atoms with E-state index in [1.807, 2.05) is 26.0 Å². The molecule has 2 fully saturated rings. The number of ether oxygens (including phenoxy) is 1. The Morgan fingerprint density at radius 3 is 2.53 bits per heavy atom. The number of carbonyl (C=O) groups is 2. The number of carbonyl (C=O) groups excluding carboxylic acids is 2. The normalized spacial score (nSPS) is 40.7. The molecule has 15 heavy (non-hydrogen) atoms. The van der Waals surface area contributed by atoms with Crippen LogP contribution in [0.15, 0.2) is 12.2 Å². The molecule has 0 aromatic heterocycles. The van der Waals surface area contributed by atoms with Crippen LogP contribution in [0, 0.1) is 23.7 Å². The van der Waals surface area contributed by atoms with Crippen LogP contribution >= 0.6 is 0 Å². The van der Waals surface area contributed by atoms with Crippen molar-refractivity contribution >= 4 is 11.9 Å². The molecule has 0 aromatic carbocycles. The lowest BCUT2D eigenvalue weighted by molar-refractivity contribution is -0.154. The number of hydrogen-bond acceptors (Lipinski definition) is 3. The van der Waals surface area contributed by atoms with Gasteiger partial charge in [-0.3, -0.25) is 9.59 Å². The Balaban J connectivity index is 2.28. The molecule has 1 saturated carbocycles. The predicted octanol–water partition coefficient (Wildman–Crippen LogP) is 1.92. The largest absolute Gasteiger partial charge is 0.393 e. The highest BCUT2D eigenvalue weighted by Gasteiger charge is 2.52. The quantitative estimate of drug-likeness (QED) is 0.375. The van der Waals surface area contributed by atoms with Gasteiger partial charge >= 0.3 is 11.9 Å². The van der Waals surface area contributed by atoms with Crippen molar-refractivity contribution in [3.8, 4) is 0 Å². The number of rotatable bonds is 1. The molecule has 1 aliphatic carbocycles. The summed E-state index contributed by atoms with van der Waals surface area (Å²) in [4.78, 5) is 23.1. The Labute approximate surface area is 89.5 Å². The van der Waals surface area contributed by atoms with Crippen LogP contribution in [0.3, 0.4) is 0 Å². The summed E-state index contributed by atoms with van der Waals surface area (Å²) in [6, 6.07) is 0. The van der Waals surface area contributed by atoms with Gasteiger partial charge in [-0.2, -0.15) is 0 Å². The third-order valence-corrected chi connectivity index (χ3v) is 3.60. The SMILES string of the molecule is C/C=C\C1CCC(C)[C@@H]2C(=O)OC(=O)[C@H]12. The zero-order chi connectivity index (χ0) is 11.0. The summed E-state index contributed by atoms with van der Waals surface area (Å²) in [5.74, 6) is -0.596. The fourth-order valence-corrected chi connectivity index (χ4v) is 2.83. The Bertz CT molecular complexity index is 319. The molecule has 3 nitrogen and oxygen atoms in total. The maximum absolute atomic E-state index is 11.6. The van der Waals surface area contributed by atoms with E-state index in [0.717, 1.165) is 12.8 Å². The summed E-state index contributed by atoms with van der Waals surface area (Å²) in [6.07, 6.45) is 5.96. The summed E-state index contributed by atoms with van der Waals surface area (Å²) < 4.78 is 4.74. The second-order valence-corrected chi connectivity index (χ2v) is 4.54. The molecule has 2 unspecified atom stereocenters. The monoisotopic (exact) mass is 208 g/mol. The molecule has 1 saturated heterocycles. The lowest BCUT2D eigenvalue weighted by Gasteiger charge is -2.31. The molecule has 0 aromatic rings. The van der Waals surface area contributed by atoms with Crippen molar-refractivity contribution in [3.63, 3.8) is 0 Å². The van der Waals surface area contributed by atoms with E-state index in [2.05, 4.69) is 0 Å². The van der Waals surface area contributed by atoms with Gasteiger partial charge in [-0.25, -0.2) is 0 Å². The van der Waals surface area contributed by atoms with Gasteiger partial charge in [-0.1, -0.05) is 19.1 Å². The molecule has 0 spiro atoms. The molecule has 4 atom stereocenters. The smallest absolute Gasteiger partial charge is 0.318 e. The van der Waals surface area contributed by atoms with Crippen LogP contribution in [0.4, 0.5) is 0 Å². The average molecular weight is 208 g/mol. The number of cyclic esters (lactones) is 2. The Hall–Kier alpha value is -1.12. The zero-order valence-electron chi connectivity index (χ0n) is 9.10. The standard InChI is InChI=1S/C12H16O3/c1-3-4-8-6-5-7(2)9-10(8)12(14)15-11(9)13/h3-4,7-10H,5-6H2,1-2H3/b4-3-/t7?,8?,9-,10+/m0/s1. The maximum atomic E-state index is 11.6. The molecule has 1 aliphatic heterocycles. The topological polar surface area (TPSA) is 43.4 Å². The second-order valence-electron chi connectivity index (χ2n) is 4.54. The van der Waals surface area contributed by atoms with Crippen LogP contribution in [0.1, 0.15) is 26.7 Å². The molecule has 0 radical (unpaired) electrons. The molecule has 0 N–H and O–H groups in total. The van der Waals surface area contributed by atoms with Gasteiger partial charge in [0.1, 0.15) is 0 Å². The minimum atomic E-state index is -0.320. The van der Waals surface area contributed by atoms with Crippen molar-refractivity contribution in [1.29, 1.82) is 0 Å². The van der Waals surface area contributed by atoms with E-state index in [-0.39, 0.29) is 35.6 Å². The third-order valence-electron chi connectivity index (χ3n) is 3.60. The summed E-state index contributed by atoms with van der Waals surface area (Å²) in [5.41, 5.74) is 0. The molecule has 2 aliphatic rings. The van der Waals surface area contributed by atoms with Gasteiger partial charge in [0.2, 0.25) is 0 Å². The van der Waals surface area contributed by atoms with Gasteiger partial charge < -0.3 is 4.74 Å². The Morgan fingerprint density at radius 2 is 1.87 bits per heavy atom. The number of fused-ring (bicyclic) bond motifs is 1. The number of esters is 2. The molecule has 0 bridgehead atoms. The average Bonchev–Trinajstić information content (AvgIpc) is 2.48. The van der Waals surface area contributed by atoms with Crippen LogP contribution in [0.2, 0.25) is 0 Å². The van der Waals surface area contributed by atoms with Crippen molar-refractivity contribution in [2.45, 2.75) is 26.7 Å². The van der Waals surface area contributed by atoms with Gasteiger partial charge in [0.15, 0.2) is 0 Å². The van der Waals surface area contributed by atoms with E-state index in [0.29, 0.717) is 0 Å². The van der Waals surface area contributed by atoms with Crippen LogP contribution in [0.25, 0.3) is 0 Å². The molecule has 3 heteroatoms. The summed E-state index contributed by atoms with van der Waals surface area (Å²) >= 11 is 0. The van der Waals surface area contributed by atoms with Crippen molar-refractivity contribution in [3.05, 3.63) is 12.2 Å². The molecule has 1 heterocycles. The maximum Gasteiger partial charge on any atom is 0.318 e. The van der Waals surface area contributed by atoms with Gasteiger partial charge in [-0.15, -0.1) is 0 Å². The van der Waals surface area contributed by atoms with Crippen LogP contribution in [-0.2, 0) is 14.3 Å². The summed E-state index contributed by atoms with van der Waals surface area (Å²) in [5, 5.41) is 0.